The number of H-pyrrole nitrogens is 1. The molecule has 0 radical (unpaired) electrons. The summed E-state index contributed by atoms with van der Waals surface area (Å²) in [6.45, 7) is 5.30. The van der Waals surface area contributed by atoms with E-state index in [1.54, 1.807) is 0 Å². The molecule has 4 aromatic rings. The van der Waals surface area contributed by atoms with Crippen LogP contribution < -0.4 is 0 Å². The number of pyridine rings is 1. The van der Waals surface area contributed by atoms with Gasteiger partial charge in [-0.25, -0.2) is 4.98 Å². The number of likely N-dealkylation sites (tertiary alicyclic amines) is 1. The SMILES string of the molecule is CN1CCc2ccc(-c3cnc4[nH]cc(-c5ccc(C(=O)N6CC7(COC7)C6)cc5)c4c3)cc2C1. The fraction of sp³-hybridized carbons (Fsp3) is 0.310. The topological polar surface area (TPSA) is 61.5 Å². The summed E-state index contributed by atoms with van der Waals surface area (Å²) in [6.07, 6.45) is 5.07. The highest BCUT2D eigenvalue weighted by atomic mass is 16.5. The molecule has 0 unspecified atom stereocenters. The summed E-state index contributed by atoms with van der Waals surface area (Å²) in [6, 6.07) is 17.0. The van der Waals surface area contributed by atoms with Gasteiger partial charge in [0.15, 0.2) is 0 Å². The number of likely N-dealkylation sites (N-methyl/N-ethyl adjacent to an activating group) is 1. The van der Waals surface area contributed by atoms with E-state index >= 15 is 0 Å². The number of hydrogen-bond donors (Lipinski definition) is 1. The first-order valence-electron chi connectivity index (χ1n) is 12.3. The van der Waals surface area contributed by atoms with Crippen LogP contribution >= 0.6 is 0 Å². The Hall–Kier alpha value is -3.48. The lowest BCUT2D eigenvalue weighted by Crippen LogP contribution is -2.67. The molecule has 0 saturated carbocycles. The Bertz CT molecular complexity index is 1440. The third kappa shape index (κ3) is 3.48. The maximum Gasteiger partial charge on any atom is 0.253 e. The zero-order chi connectivity index (χ0) is 23.6. The number of carbonyl (C=O) groups excluding carboxylic acids is 1. The van der Waals surface area contributed by atoms with Gasteiger partial charge < -0.3 is 19.5 Å². The first kappa shape index (κ1) is 20.9. The van der Waals surface area contributed by atoms with Gasteiger partial charge in [-0.15, -0.1) is 0 Å². The van der Waals surface area contributed by atoms with Crippen LogP contribution in [0, 0.1) is 5.41 Å². The third-order valence-corrected chi connectivity index (χ3v) is 7.87. The van der Waals surface area contributed by atoms with E-state index in [9.17, 15) is 4.79 Å². The summed E-state index contributed by atoms with van der Waals surface area (Å²) in [5, 5.41) is 1.09. The first-order valence-corrected chi connectivity index (χ1v) is 12.3. The number of aromatic nitrogens is 2. The molecular formula is C29H28N4O2. The van der Waals surface area contributed by atoms with Crippen LogP contribution in [0.25, 0.3) is 33.3 Å². The van der Waals surface area contributed by atoms with Gasteiger partial charge in [0.2, 0.25) is 0 Å². The molecule has 2 aromatic heterocycles. The Kier molecular flexibility index (Phi) is 4.63. The maximum absolute atomic E-state index is 12.9. The minimum absolute atomic E-state index is 0.106. The molecule has 1 spiro atoms. The second-order valence-electron chi connectivity index (χ2n) is 10.5. The zero-order valence-electron chi connectivity index (χ0n) is 19.9. The molecule has 6 nitrogen and oxygen atoms in total. The molecule has 7 rings (SSSR count). The predicted octanol–water partition coefficient (Wildman–Crippen LogP) is 4.36. The van der Waals surface area contributed by atoms with Crippen LogP contribution in [0.5, 0.6) is 0 Å². The Labute approximate surface area is 204 Å². The summed E-state index contributed by atoms with van der Waals surface area (Å²) in [5.41, 5.74) is 9.19. The van der Waals surface area contributed by atoms with Gasteiger partial charge in [0.1, 0.15) is 5.65 Å². The fourth-order valence-corrected chi connectivity index (χ4v) is 5.73. The van der Waals surface area contributed by atoms with E-state index in [4.69, 9.17) is 9.72 Å². The number of aromatic amines is 1. The normalized spacial score (nSPS) is 18.8. The van der Waals surface area contributed by atoms with Crippen LogP contribution in [-0.4, -0.2) is 65.6 Å². The summed E-state index contributed by atoms with van der Waals surface area (Å²) in [7, 11) is 2.18. The second-order valence-corrected chi connectivity index (χ2v) is 10.5. The zero-order valence-corrected chi connectivity index (χ0v) is 19.9. The minimum atomic E-state index is 0.106. The molecule has 0 aliphatic carbocycles. The van der Waals surface area contributed by atoms with E-state index < -0.39 is 0 Å². The van der Waals surface area contributed by atoms with E-state index in [1.165, 1.54) is 16.7 Å². The Morgan fingerprint density at radius 2 is 1.80 bits per heavy atom. The molecule has 0 atom stereocenters. The number of nitrogens with one attached hydrogen (secondary N) is 1. The number of hydrogen-bond acceptors (Lipinski definition) is 4. The summed E-state index contributed by atoms with van der Waals surface area (Å²) in [5.74, 6) is 0.106. The molecule has 2 saturated heterocycles. The van der Waals surface area contributed by atoms with Crippen molar-refractivity contribution in [1.29, 1.82) is 0 Å². The van der Waals surface area contributed by atoms with Crippen LogP contribution in [0.2, 0.25) is 0 Å². The molecule has 3 aliphatic heterocycles. The number of benzene rings is 2. The van der Waals surface area contributed by atoms with Gasteiger partial charge >= 0.3 is 0 Å². The molecule has 3 aliphatic rings. The Morgan fingerprint density at radius 3 is 2.57 bits per heavy atom. The van der Waals surface area contributed by atoms with E-state index in [0.29, 0.717) is 0 Å². The third-order valence-electron chi connectivity index (χ3n) is 7.87. The maximum atomic E-state index is 12.9. The number of fused-ring (bicyclic) bond motifs is 2. The highest BCUT2D eigenvalue weighted by molar-refractivity contribution is 5.98. The molecule has 5 heterocycles. The standard InChI is InChI=1S/C29H28N4O2/c1-32-9-8-19-2-7-22(10-24(19)14-32)23-11-25-26(13-31-27(25)30-12-23)20-3-5-21(6-4-20)28(34)33-15-29(16-33)17-35-18-29/h2-7,10-13H,8-9,14-18H2,1H3,(H,30,31). The predicted molar refractivity (Wildman–Crippen MR) is 136 cm³/mol. The van der Waals surface area contributed by atoms with Crippen molar-refractivity contribution in [1.82, 2.24) is 19.8 Å². The molecule has 0 bridgehead atoms. The van der Waals surface area contributed by atoms with E-state index in [1.807, 2.05) is 41.6 Å². The van der Waals surface area contributed by atoms with Gasteiger partial charge in [-0.2, -0.15) is 0 Å². The van der Waals surface area contributed by atoms with Crippen molar-refractivity contribution >= 4 is 16.9 Å². The van der Waals surface area contributed by atoms with Gasteiger partial charge in [-0.1, -0.05) is 24.3 Å². The van der Waals surface area contributed by atoms with Gasteiger partial charge in [0, 0.05) is 60.6 Å². The number of ether oxygens (including phenoxy) is 1. The smallest absolute Gasteiger partial charge is 0.253 e. The highest BCUT2D eigenvalue weighted by Gasteiger charge is 2.50. The van der Waals surface area contributed by atoms with Crippen LogP contribution in [0.15, 0.2) is 60.9 Å². The summed E-state index contributed by atoms with van der Waals surface area (Å²) in [4.78, 5) is 25.2. The molecule has 2 fully saturated rings. The largest absolute Gasteiger partial charge is 0.380 e. The Morgan fingerprint density at radius 1 is 1.00 bits per heavy atom. The number of nitrogens with zero attached hydrogens (tertiary/aromatic N) is 3. The molecule has 1 amide bonds. The number of carbonyl (C=O) groups is 1. The van der Waals surface area contributed by atoms with E-state index in [0.717, 1.165) is 79.1 Å². The molecule has 2 aromatic carbocycles. The van der Waals surface area contributed by atoms with Gasteiger partial charge in [-0.3, -0.25) is 4.79 Å². The van der Waals surface area contributed by atoms with Crippen molar-refractivity contribution in [3.63, 3.8) is 0 Å². The molecule has 6 heteroatoms. The lowest BCUT2D eigenvalue weighted by Gasteiger charge is -2.54. The Balaban J connectivity index is 1.16. The minimum Gasteiger partial charge on any atom is -0.380 e. The van der Waals surface area contributed by atoms with E-state index in [2.05, 4.69) is 41.2 Å². The molecule has 176 valence electrons. The van der Waals surface area contributed by atoms with Crippen LogP contribution in [0.4, 0.5) is 0 Å². The molecule has 35 heavy (non-hydrogen) atoms. The first-order chi connectivity index (χ1) is 17.1. The number of amides is 1. The van der Waals surface area contributed by atoms with E-state index in [-0.39, 0.29) is 11.3 Å². The molecular weight excluding hydrogens is 436 g/mol. The summed E-state index contributed by atoms with van der Waals surface area (Å²) < 4.78 is 5.32. The van der Waals surface area contributed by atoms with Gasteiger partial charge in [0.05, 0.1) is 18.6 Å². The van der Waals surface area contributed by atoms with Crippen molar-refractivity contribution in [3.8, 4) is 22.3 Å². The fourth-order valence-electron chi connectivity index (χ4n) is 5.73. The van der Waals surface area contributed by atoms with Crippen molar-refractivity contribution in [2.24, 2.45) is 5.41 Å². The van der Waals surface area contributed by atoms with Gasteiger partial charge in [-0.05, 0) is 60.0 Å². The lowest BCUT2D eigenvalue weighted by molar-refractivity contribution is -0.176. The van der Waals surface area contributed by atoms with Crippen LogP contribution in [-0.2, 0) is 17.7 Å². The average molecular weight is 465 g/mol. The number of rotatable bonds is 3. The summed E-state index contributed by atoms with van der Waals surface area (Å²) >= 11 is 0. The van der Waals surface area contributed by atoms with Crippen molar-refractivity contribution in [3.05, 3.63) is 77.6 Å². The quantitative estimate of drug-likeness (QED) is 0.490. The van der Waals surface area contributed by atoms with Crippen molar-refractivity contribution in [2.45, 2.75) is 13.0 Å². The van der Waals surface area contributed by atoms with Crippen LogP contribution in [0.3, 0.4) is 0 Å². The second kappa shape index (κ2) is 7.77. The van der Waals surface area contributed by atoms with Crippen molar-refractivity contribution in [2.75, 3.05) is 39.9 Å². The van der Waals surface area contributed by atoms with Crippen LogP contribution in [0.1, 0.15) is 21.5 Å². The van der Waals surface area contributed by atoms with Crippen molar-refractivity contribution < 1.29 is 9.53 Å². The lowest BCUT2D eigenvalue weighted by atomic mass is 9.78. The average Bonchev–Trinajstić information content (AvgIpc) is 3.25. The monoisotopic (exact) mass is 464 g/mol. The molecule has 1 N–H and O–H groups in total. The van der Waals surface area contributed by atoms with Gasteiger partial charge in [0.25, 0.3) is 5.91 Å². The highest BCUT2D eigenvalue weighted by Crippen LogP contribution is 2.38.